The second-order valence-electron chi connectivity index (χ2n) is 5.79. The van der Waals surface area contributed by atoms with Crippen LogP contribution in [-0.2, 0) is 4.79 Å². The van der Waals surface area contributed by atoms with Crippen molar-refractivity contribution in [1.29, 1.82) is 0 Å². The van der Waals surface area contributed by atoms with Gasteiger partial charge in [0.05, 0.1) is 16.3 Å². The smallest absolute Gasteiger partial charge is 0.298 e. The van der Waals surface area contributed by atoms with Gasteiger partial charge in [-0.15, -0.1) is 0 Å². The fraction of sp³-hybridized carbons (Fsp3) is 0.176. The first-order valence-corrected chi connectivity index (χ1v) is 8.10. The molecule has 2 aromatic carbocycles. The number of rotatable bonds is 3. The lowest BCUT2D eigenvalue weighted by atomic mass is 9.99. The highest BCUT2D eigenvalue weighted by Gasteiger charge is 2.40. The third kappa shape index (κ3) is 3.81. The van der Waals surface area contributed by atoms with E-state index in [0.717, 1.165) is 18.2 Å². The van der Waals surface area contributed by atoms with Crippen LogP contribution in [0, 0.1) is 10.1 Å². The summed E-state index contributed by atoms with van der Waals surface area (Å²) in [5.41, 5.74) is -1.16. The summed E-state index contributed by atoms with van der Waals surface area (Å²) >= 11 is 6.09. The van der Waals surface area contributed by atoms with E-state index >= 15 is 0 Å². The van der Waals surface area contributed by atoms with Crippen LogP contribution in [0.25, 0.3) is 0 Å². The van der Waals surface area contributed by atoms with Crippen molar-refractivity contribution < 1.29 is 27.3 Å². The van der Waals surface area contributed by atoms with E-state index in [1.54, 1.807) is 6.07 Å². The fourth-order valence-electron chi connectivity index (χ4n) is 2.76. The standard InChI is InChI=1S/C17H10ClF4N3O3/c18-12-4-2-1-3-10(12)14-11-7-9(25(27)28)5-6-13(11)24(8-17(20,21)22)16(26)15(19)23-14/h1-7,15H,8H2. The van der Waals surface area contributed by atoms with Crippen molar-refractivity contribution in [2.75, 3.05) is 11.4 Å². The summed E-state index contributed by atoms with van der Waals surface area (Å²) in [6.45, 7) is -1.78. The van der Waals surface area contributed by atoms with Gasteiger partial charge in [0.15, 0.2) is 0 Å². The number of halogens is 5. The van der Waals surface area contributed by atoms with E-state index in [0.29, 0.717) is 0 Å². The molecule has 1 heterocycles. The summed E-state index contributed by atoms with van der Waals surface area (Å²) in [7, 11) is 0. The number of carbonyl (C=O) groups is 1. The van der Waals surface area contributed by atoms with Gasteiger partial charge in [-0.1, -0.05) is 29.8 Å². The molecule has 146 valence electrons. The van der Waals surface area contributed by atoms with E-state index in [1.807, 2.05) is 0 Å². The van der Waals surface area contributed by atoms with Crippen LogP contribution in [0.4, 0.5) is 28.9 Å². The molecule has 1 amide bonds. The first-order chi connectivity index (χ1) is 13.1. The van der Waals surface area contributed by atoms with E-state index in [1.165, 1.54) is 18.2 Å². The van der Waals surface area contributed by atoms with Crippen molar-refractivity contribution in [3.63, 3.8) is 0 Å². The summed E-state index contributed by atoms with van der Waals surface area (Å²) in [4.78, 5) is 26.4. The Bertz CT molecular complexity index is 994. The van der Waals surface area contributed by atoms with Gasteiger partial charge in [0.25, 0.3) is 17.9 Å². The van der Waals surface area contributed by atoms with Crippen molar-refractivity contribution in [2.45, 2.75) is 12.5 Å². The molecular weight excluding hydrogens is 406 g/mol. The average Bonchev–Trinajstić information content (AvgIpc) is 2.71. The van der Waals surface area contributed by atoms with Crippen molar-refractivity contribution >= 4 is 34.6 Å². The number of aliphatic imine (C=N–C) groups is 1. The number of amides is 1. The third-order valence-corrected chi connectivity index (χ3v) is 4.25. The van der Waals surface area contributed by atoms with Crippen molar-refractivity contribution in [3.8, 4) is 0 Å². The zero-order valence-corrected chi connectivity index (χ0v) is 14.5. The molecule has 0 spiro atoms. The van der Waals surface area contributed by atoms with E-state index < -0.39 is 35.5 Å². The normalized spacial score (nSPS) is 17.0. The van der Waals surface area contributed by atoms with Gasteiger partial charge in [0.1, 0.15) is 6.54 Å². The number of hydrogen-bond acceptors (Lipinski definition) is 4. The van der Waals surface area contributed by atoms with Crippen LogP contribution in [-0.4, -0.2) is 35.6 Å². The van der Waals surface area contributed by atoms with Gasteiger partial charge in [-0.2, -0.15) is 13.2 Å². The third-order valence-electron chi connectivity index (χ3n) is 3.92. The molecule has 0 N–H and O–H groups in total. The Kier molecular flexibility index (Phi) is 5.07. The van der Waals surface area contributed by atoms with Gasteiger partial charge in [-0.3, -0.25) is 19.8 Å². The number of alkyl halides is 4. The number of nitrogens with zero attached hydrogens (tertiary/aromatic N) is 3. The molecule has 0 bridgehead atoms. The highest BCUT2D eigenvalue weighted by atomic mass is 35.5. The molecule has 2 aromatic rings. The van der Waals surface area contributed by atoms with Crippen molar-refractivity contribution in [2.24, 2.45) is 4.99 Å². The number of fused-ring (bicyclic) bond motifs is 1. The number of nitro groups is 1. The molecule has 3 rings (SSSR count). The number of carbonyl (C=O) groups excluding carboxylic acids is 1. The van der Waals surface area contributed by atoms with Gasteiger partial charge in [0.2, 0.25) is 0 Å². The van der Waals surface area contributed by atoms with Crippen LogP contribution >= 0.6 is 11.6 Å². The molecule has 1 unspecified atom stereocenters. The molecule has 6 nitrogen and oxygen atoms in total. The van der Waals surface area contributed by atoms with Crippen LogP contribution in [0.3, 0.4) is 0 Å². The Morgan fingerprint density at radius 3 is 2.46 bits per heavy atom. The number of non-ortho nitro benzene ring substituents is 1. The predicted molar refractivity (Wildman–Crippen MR) is 93.5 cm³/mol. The second-order valence-corrected chi connectivity index (χ2v) is 6.20. The van der Waals surface area contributed by atoms with Gasteiger partial charge in [0, 0.05) is 28.3 Å². The molecule has 0 fully saturated rings. The first-order valence-electron chi connectivity index (χ1n) is 7.72. The van der Waals surface area contributed by atoms with E-state index in [2.05, 4.69) is 4.99 Å². The summed E-state index contributed by atoms with van der Waals surface area (Å²) in [5.74, 6) is -1.53. The quantitative estimate of drug-likeness (QED) is 0.325. The molecule has 1 aliphatic rings. The van der Waals surface area contributed by atoms with Crippen molar-refractivity contribution in [3.05, 3.63) is 68.7 Å². The van der Waals surface area contributed by atoms with Crippen LogP contribution in [0.5, 0.6) is 0 Å². The average molecular weight is 416 g/mol. The molecule has 1 atom stereocenters. The summed E-state index contributed by atoms with van der Waals surface area (Å²) < 4.78 is 53.4. The lowest BCUT2D eigenvalue weighted by molar-refractivity contribution is -0.384. The molecule has 1 aliphatic heterocycles. The largest absolute Gasteiger partial charge is 0.406 e. The molecule has 11 heteroatoms. The summed E-state index contributed by atoms with van der Waals surface area (Å²) in [6.07, 6.45) is -7.47. The maximum Gasteiger partial charge on any atom is 0.406 e. The number of nitro benzene ring substituents is 1. The van der Waals surface area contributed by atoms with Crippen LogP contribution < -0.4 is 4.90 Å². The lowest BCUT2D eigenvalue weighted by Gasteiger charge is -2.24. The minimum absolute atomic E-state index is 0.0858. The zero-order valence-electron chi connectivity index (χ0n) is 13.8. The van der Waals surface area contributed by atoms with Crippen LogP contribution in [0.15, 0.2) is 47.5 Å². The Hall–Kier alpha value is -3.01. The van der Waals surface area contributed by atoms with Crippen LogP contribution in [0.2, 0.25) is 5.02 Å². The highest BCUT2D eigenvalue weighted by Crippen LogP contribution is 2.35. The molecular formula is C17H10ClF4N3O3. The monoisotopic (exact) mass is 415 g/mol. The minimum Gasteiger partial charge on any atom is -0.298 e. The molecule has 0 saturated heterocycles. The Morgan fingerprint density at radius 2 is 1.86 bits per heavy atom. The Balaban J connectivity index is 2.29. The van der Waals surface area contributed by atoms with Gasteiger partial charge in [-0.05, 0) is 12.1 Å². The minimum atomic E-state index is -4.83. The SMILES string of the molecule is O=C1C(F)N=C(c2ccccc2Cl)c2cc([N+](=O)[O-])ccc2N1CC(F)(F)F. The molecule has 0 radical (unpaired) electrons. The topological polar surface area (TPSA) is 75.8 Å². The second kappa shape index (κ2) is 7.19. The molecule has 28 heavy (non-hydrogen) atoms. The van der Waals surface area contributed by atoms with Crippen LogP contribution in [0.1, 0.15) is 11.1 Å². The molecule has 0 aromatic heterocycles. The summed E-state index contributed by atoms with van der Waals surface area (Å²) in [5, 5.41) is 11.2. The Morgan fingerprint density at radius 1 is 1.18 bits per heavy atom. The van der Waals surface area contributed by atoms with Gasteiger partial charge >= 0.3 is 6.18 Å². The number of benzene rings is 2. The van der Waals surface area contributed by atoms with Crippen molar-refractivity contribution in [1.82, 2.24) is 0 Å². The zero-order chi connectivity index (χ0) is 20.6. The lowest BCUT2D eigenvalue weighted by Crippen LogP contribution is -2.42. The maximum absolute atomic E-state index is 14.4. The van der Waals surface area contributed by atoms with E-state index in [-0.39, 0.29) is 32.4 Å². The summed E-state index contributed by atoms with van der Waals surface area (Å²) in [6, 6.07) is 8.76. The number of benzodiazepines with no additional fused rings is 1. The molecule has 0 aliphatic carbocycles. The number of hydrogen-bond donors (Lipinski definition) is 0. The van der Waals surface area contributed by atoms with Gasteiger partial charge < -0.3 is 0 Å². The van der Waals surface area contributed by atoms with E-state index in [4.69, 9.17) is 11.6 Å². The first kappa shape index (κ1) is 19.7. The Labute approximate surface area is 160 Å². The highest BCUT2D eigenvalue weighted by molar-refractivity contribution is 6.36. The predicted octanol–water partition coefficient (Wildman–Crippen LogP) is 4.29. The van der Waals surface area contributed by atoms with Gasteiger partial charge in [-0.25, -0.2) is 9.38 Å². The fourth-order valence-corrected chi connectivity index (χ4v) is 2.98. The maximum atomic E-state index is 14.4. The molecule has 0 saturated carbocycles. The van der Waals surface area contributed by atoms with E-state index in [9.17, 15) is 32.5 Å². The number of anilines is 1.